The van der Waals surface area contributed by atoms with Crippen LogP contribution in [0.15, 0.2) is 30.3 Å². The number of carbonyl (C=O) groups is 2. The average molecular weight is 359 g/mol. The molecule has 0 spiro atoms. The van der Waals surface area contributed by atoms with Gasteiger partial charge in [0.05, 0.1) is 0 Å². The number of likely N-dealkylation sites (tertiary alicyclic amines) is 1. The van der Waals surface area contributed by atoms with Crippen molar-refractivity contribution >= 4 is 11.8 Å². The maximum atomic E-state index is 12.5. The third kappa shape index (κ3) is 6.47. The minimum Gasteiger partial charge on any atom is -0.343 e. The van der Waals surface area contributed by atoms with Gasteiger partial charge in [-0.05, 0) is 56.4 Å². The summed E-state index contributed by atoms with van der Waals surface area (Å²) in [6.45, 7) is 11.7. The molecule has 1 N–H and O–H groups in total. The first-order valence-corrected chi connectivity index (χ1v) is 9.71. The summed E-state index contributed by atoms with van der Waals surface area (Å²) >= 11 is 0. The number of piperidine rings is 1. The van der Waals surface area contributed by atoms with E-state index in [1.807, 2.05) is 19.9 Å². The van der Waals surface area contributed by atoms with Crippen molar-refractivity contribution in [1.82, 2.24) is 10.2 Å². The van der Waals surface area contributed by atoms with Crippen LogP contribution >= 0.6 is 0 Å². The minimum absolute atomic E-state index is 0.0929. The Balaban J connectivity index is 1.82. The largest absolute Gasteiger partial charge is 0.343 e. The Morgan fingerprint density at radius 2 is 1.62 bits per heavy atom. The number of amides is 2. The van der Waals surface area contributed by atoms with Gasteiger partial charge in [-0.25, -0.2) is 0 Å². The first-order chi connectivity index (χ1) is 12.1. The summed E-state index contributed by atoms with van der Waals surface area (Å²) in [6, 6.07) is 10.5. The Hall–Kier alpha value is -1.84. The van der Waals surface area contributed by atoms with Crippen LogP contribution in [0, 0.1) is 11.3 Å². The van der Waals surface area contributed by atoms with Crippen molar-refractivity contribution in [3.63, 3.8) is 0 Å². The molecular formula is C22H34N2O2. The van der Waals surface area contributed by atoms with E-state index in [0.29, 0.717) is 19.0 Å². The Bertz CT molecular complexity index is 609. The lowest BCUT2D eigenvalue weighted by Gasteiger charge is -2.35. The lowest BCUT2D eigenvalue weighted by molar-refractivity contribution is -0.147. The van der Waals surface area contributed by atoms with E-state index < -0.39 is 11.4 Å². The van der Waals surface area contributed by atoms with Gasteiger partial charge in [0.2, 0.25) is 0 Å². The van der Waals surface area contributed by atoms with Crippen LogP contribution in [0.1, 0.15) is 59.4 Å². The normalized spacial score (nSPS) is 16.4. The molecule has 0 atom stereocenters. The highest BCUT2D eigenvalue weighted by molar-refractivity contribution is 6.35. The lowest BCUT2D eigenvalue weighted by atomic mass is 9.82. The van der Waals surface area contributed by atoms with Crippen molar-refractivity contribution in [3.8, 4) is 0 Å². The van der Waals surface area contributed by atoms with Gasteiger partial charge in [0.15, 0.2) is 0 Å². The fourth-order valence-corrected chi connectivity index (χ4v) is 4.16. The summed E-state index contributed by atoms with van der Waals surface area (Å²) in [5.41, 5.74) is 1.05. The van der Waals surface area contributed by atoms with Gasteiger partial charge in [-0.2, -0.15) is 0 Å². The van der Waals surface area contributed by atoms with Gasteiger partial charge < -0.3 is 10.2 Å². The molecule has 0 saturated carbocycles. The number of benzene rings is 1. The van der Waals surface area contributed by atoms with Crippen LogP contribution in [0.2, 0.25) is 0 Å². The van der Waals surface area contributed by atoms with Crippen LogP contribution in [-0.2, 0) is 16.0 Å². The fraction of sp³-hybridized carbons (Fsp3) is 0.636. The molecule has 0 aliphatic carbocycles. The highest BCUT2D eigenvalue weighted by atomic mass is 16.2. The van der Waals surface area contributed by atoms with Crippen LogP contribution in [0.25, 0.3) is 0 Å². The first kappa shape index (κ1) is 20.5. The van der Waals surface area contributed by atoms with Crippen molar-refractivity contribution in [2.45, 2.75) is 65.8 Å². The quantitative estimate of drug-likeness (QED) is 0.832. The van der Waals surface area contributed by atoms with Crippen LogP contribution in [0.5, 0.6) is 0 Å². The molecule has 1 fully saturated rings. The predicted molar refractivity (Wildman–Crippen MR) is 106 cm³/mol. The summed E-state index contributed by atoms with van der Waals surface area (Å²) in [7, 11) is 0. The Kier molecular flexibility index (Phi) is 6.48. The van der Waals surface area contributed by atoms with E-state index in [0.717, 1.165) is 25.7 Å². The molecule has 144 valence electrons. The molecule has 4 nitrogen and oxygen atoms in total. The summed E-state index contributed by atoms with van der Waals surface area (Å²) in [5.74, 6) is -0.271. The molecule has 0 radical (unpaired) electrons. The van der Waals surface area contributed by atoms with Crippen LogP contribution in [0.3, 0.4) is 0 Å². The summed E-state index contributed by atoms with van der Waals surface area (Å²) in [6.07, 6.45) is 3.78. The van der Waals surface area contributed by atoms with E-state index in [-0.39, 0.29) is 11.3 Å². The van der Waals surface area contributed by atoms with Crippen molar-refractivity contribution in [2.24, 2.45) is 11.3 Å². The smallest absolute Gasteiger partial charge is 0.311 e. The third-order valence-corrected chi connectivity index (χ3v) is 4.89. The van der Waals surface area contributed by atoms with Gasteiger partial charge in [-0.15, -0.1) is 0 Å². The van der Waals surface area contributed by atoms with Gasteiger partial charge in [-0.1, -0.05) is 51.1 Å². The van der Waals surface area contributed by atoms with Crippen LogP contribution < -0.4 is 5.32 Å². The Morgan fingerprint density at radius 1 is 1.04 bits per heavy atom. The highest BCUT2D eigenvalue weighted by Crippen LogP contribution is 2.27. The van der Waals surface area contributed by atoms with E-state index in [1.54, 1.807) is 4.90 Å². The molecule has 0 aromatic heterocycles. The standard InChI is InChI=1S/C22H34N2O2/c1-21(2,3)16-22(4,5)23-19(25)20(26)24-13-11-18(12-14-24)15-17-9-7-6-8-10-17/h6-10,18H,11-16H2,1-5H3,(H,23,25). The zero-order valence-corrected chi connectivity index (χ0v) is 17.0. The number of carbonyl (C=O) groups excluding carboxylic acids is 2. The van der Waals surface area contributed by atoms with E-state index in [9.17, 15) is 9.59 Å². The topological polar surface area (TPSA) is 49.4 Å². The molecule has 1 heterocycles. The van der Waals surface area contributed by atoms with Gasteiger partial charge in [0, 0.05) is 18.6 Å². The average Bonchev–Trinajstić information content (AvgIpc) is 2.53. The van der Waals surface area contributed by atoms with Crippen LogP contribution in [-0.4, -0.2) is 35.3 Å². The molecule has 1 aliphatic rings. The minimum atomic E-state index is -0.472. The van der Waals surface area contributed by atoms with Gasteiger partial charge in [-0.3, -0.25) is 9.59 Å². The summed E-state index contributed by atoms with van der Waals surface area (Å²) in [5, 5.41) is 2.93. The molecule has 0 unspecified atom stereocenters. The second kappa shape index (κ2) is 8.24. The molecule has 2 amide bonds. The first-order valence-electron chi connectivity index (χ1n) is 9.71. The number of rotatable bonds is 4. The molecule has 1 aromatic rings. The summed E-state index contributed by atoms with van der Waals surface area (Å²) < 4.78 is 0. The van der Waals surface area contributed by atoms with E-state index in [4.69, 9.17) is 0 Å². The monoisotopic (exact) mass is 358 g/mol. The zero-order valence-electron chi connectivity index (χ0n) is 17.0. The SMILES string of the molecule is CC(C)(C)CC(C)(C)NC(=O)C(=O)N1CCC(Cc2ccccc2)CC1. The molecule has 0 bridgehead atoms. The molecule has 1 aliphatic heterocycles. The van der Waals surface area contributed by atoms with Gasteiger partial charge >= 0.3 is 11.8 Å². The highest BCUT2D eigenvalue weighted by Gasteiger charge is 2.32. The molecule has 2 rings (SSSR count). The van der Waals surface area contributed by atoms with E-state index in [2.05, 4.69) is 50.4 Å². The predicted octanol–water partition coefficient (Wildman–Crippen LogP) is 3.80. The third-order valence-electron chi connectivity index (χ3n) is 4.89. The molecule has 1 saturated heterocycles. The second-order valence-electron chi connectivity index (χ2n) is 9.50. The molecule has 26 heavy (non-hydrogen) atoms. The lowest BCUT2D eigenvalue weighted by Crippen LogP contribution is -2.53. The Morgan fingerprint density at radius 3 is 2.15 bits per heavy atom. The van der Waals surface area contributed by atoms with Gasteiger partial charge in [0.1, 0.15) is 0 Å². The second-order valence-corrected chi connectivity index (χ2v) is 9.50. The Labute approximate surface area is 158 Å². The fourth-order valence-electron chi connectivity index (χ4n) is 4.16. The maximum absolute atomic E-state index is 12.5. The molecule has 1 aromatic carbocycles. The molecular weight excluding hydrogens is 324 g/mol. The van der Waals surface area contributed by atoms with Crippen molar-refractivity contribution in [2.75, 3.05) is 13.1 Å². The van der Waals surface area contributed by atoms with Crippen LogP contribution in [0.4, 0.5) is 0 Å². The number of hydrogen-bond donors (Lipinski definition) is 1. The number of nitrogens with one attached hydrogen (secondary N) is 1. The molecule has 4 heteroatoms. The van der Waals surface area contributed by atoms with Gasteiger partial charge in [0.25, 0.3) is 0 Å². The summed E-state index contributed by atoms with van der Waals surface area (Å²) in [4.78, 5) is 26.6. The maximum Gasteiger partial charge on any atom is 0.311 e. The zero-order chi connectivity index (χ0) is 19.4. The number of hydrogen-bond acceptors (Lipinski definition) is 2. The van der Waals surface area contributed by atoms with Crippen molar-refractivity contribution < 1.29 is 9.59 Å². The number of nitrogens with zero attached hydrogens (tertiary/aromatic N) is 1. The van der Waals surface area contributed by atoms with E-state index >= 15 is 0 Å². The van der Waals surface area contributed by atoms with Crippen molar-refractivity contribution in [3.05, 3.63) is 35.9 Å². The van der Waals surface area contributed by atoms with Crippen molar-refractivity contribution in [1.29, 1.82) is 0 Å². The van der Waals surface area contributed by atoms with E-state index in [1.165, 1.54) is 5.56 Å².